The van der Waals surface area contributed by atoms with Crippen LogP contribution < -0.4 is 0 Å². The Hall–Kier alpha value is 0.387. The lowest BCUT2D eigenvalue weighted by atomic mass is 9.75. The molecule has 28 heavy (non-hydrogen) atoms. The van der Waals surface area contributed by atoms with Crippen molar-refractivity contribution in [2.45, 2.75) is 112 Å². The zero-order valence-corrected chi connectivity index (χ0v) is 21.3. The molecule has 6 atom stereocenters. The van der Waals surface area contributed by atoms with Gasteiger partial charge in [0.05, 0.1) is 12.2 Å². The van der Waals surface area contributed by atoms with E-state index in [1.165, 1.54) is 25.7 Å². The Morgan fingerprint density at radius 2 is 1.11 bits per heavy atom. The summed E-state index contributed by atoms with van der Waals surface area (Å²) in [6.07, 6.45) is 7.38. The van der Waals surface area contributed by atoms with E-state index in [-0.39, 0.29) is 18.3 Å². The van der Waals surface area contributed by atoms with Crippen LogP contribution in [0.5, 0.6) is 0 Å². The maximum absolute atomic E-state index is 7.11. The van der Waals surface area contributed by atoms with Crippen molar-refractivity contribution in [1.29, 1.82) is 0 Å². The summed E-state index contributed by atoms with van der Waals surface area (Å²) in [5.74, 6) is 3.59. The summed E-state index contributed by atoms with van der Waals surface area (Å²) >= 11 is 7.11. The highest BCUT2D eigenvalue weighted by Gasteiger charge is 2.50. The standard InChI is InChI=1S/C23H45ClO3Si/c1-15(2)20-11-9-18(7)13-22(20)26-28(24,25-17(5)6)27-23-14-19(8)10-12-21(23)16(3)4/h15-23H,9-14H2,1-8H3/t18-,19-,20+,21+,22-,23-/m1/s1. The van der Waals surface area contributed by atoms with Gasteiger partial charge in [0.1, 0.15) is 0 Å². The molecule has 2 rings (SSSR count). The summed E-state index contributed by atoms with van der Waals surface area (Å²) < 4.78 is 19.5. The van der Waals surface area contributed by atoms with Gasteiger partial charge in [0.2, 0.25) is 0 Å². The molecule has 0 radical (unpaired) electrons. The van der Waals surface area contributed by atoms with E-state index in [9.17, 15) is 0 Å². The fourth-order valence-corrected chi connectivity index (χ4v) is 8.44. The first-order chi connectivity index (χ1) is 13.0. The Labute approximate surface area is 180 Å². The van der Waals surface area contributed by atoms with Gasteiger partial charge >= 0.3 is 8.11 Å². The lowest BCUT2D eigenvalue weighted by Gasteiger charge is -2.43. The topological polar surface area (TPSA) is 27.7 Å². The SMILES string of the molecule is CC(C)O[Si](Cl)(O[C@@H]1C[C@H](C)CC[C@H]1C(C)C)O[C@@H]1C[C@H](C)CC[C@H]1C(C)C. The van der Waals surface area contributed by atoms with Crippen molar-refractivity contribution in [2.24, 2.45) is 35.5 Å². The number of hydrogen-bond donors (Lipinski definition) is 0. The molecule has 0 spiro atoms. The molecule has 0 saturated heterocycles. The maximum atomic E-state index is 7.11. The van der Waals surface area contributed by atoms with E-state index in [0.717, 1.165) is 12.8 Å². The molecule has 0 aromatic rings. The van der Waals surface area contributed by atoms with Crippen molar-refractivity contribution in [3.8, 4) is 0 Å². The highest BCUT2D eigenvalue weighted by molar-refractivity contribution is 7.09. The fourth-order valence-electron chi connectivity index (χ4n) is 5.23. The van der Waals surface area contributed by atoms with Gasteiger partial charge in [-0.15, -0.1) is 0 Å². The Balaban J connectivity index is 2.19. The molecule has 2 fully saturated rings. The summed E-state index contributed by atoms with van der Waals surface area (Å²) in [6.45, 7) is 17.9. The highest BCUT2D eigenvalue weighted by atomic mass is 35.6. The Morgan fingerprint density at radius 3 is 1.43 bits per heavy atom. The van der Waals surface area contributed by atoms with Gasteiger partial charge in [0.25, 0.3) is 0 Å². The van der Waals surface area contributed by atoms with Gasteiger partial charge < -0.3 is 13.3 Å². The van der Waals surface area contributed by atoms with Crippen LogP contribution in [0.2, 0.25) is 0 Å². The second-order valence-corrected chi connectivity index (χ2v) is 13.7. The van der Waals surface area contributed by atoms with Crippen LogP contribution in [0.25, 0.3) is 0 Å². The normalized spacial score (nSPS) is 35.1. The van der Waals surface area contributed by atoms with Gasteiger partial charge in [0, 0.05) is 6.10 Å². The third kappa shape index (κ3) is 6.97. The molecular formula is C23H45ClO3Si. The Kier molecular flexibility index (Phi) is 9.35. The van der Waals surface area contributed by atoms with Crippen molar-refractivity contribution in [1.82, 2.24) is 0 Å². The van der Waals surface area contributed by atoms with Crippen LogP contribution in [0.1, 0.15) is 93.9 Å². The molecule has 0 heterocycles. The average molecular weight is 433 g/mol. The Bertz CT molecular complexity index is 437. The molecule has 2 aliphatic carbocycles. The highest BCUT2D eigenvalue weighted by Crippen LogP contribution is 2.41. The summed E-state index contributed by atoms with van der Waals surface area (Å²) in [6, 6.07) is 0. The van der Waals surface area contributed by atoms with E-state index in [1.807, 2.05) is 13.8 Å². The van der Waals surface area contributed by atoms with Gasteiger partial charge in [-0.05, 0) is 75.0 Å². The largest absolute Gasteiger partial charge is 0.613 e. The molecule has 0 bridgehead atoms. The second kappa shape index (κ2) is 10.6. The van der Waals surface area contributed by atoms with Crippen LogP contribution in [0, 0.1) is 35.5 Å². The van der Waals surface area contributed by atoms with E-state index in [0.29, 0.717) is 35.5 Å². The first kappa shape index (κ1) is 24.7. The summed E-state index contributed by atoms with van der Waals surface area (Å²) in [5.41, 5.74) is 0. The minimum absolute atomic E-state index is 0.00111. The van der Waals surface area contributed by atoms with Gasteiger partial charge in [-0.1, -0.05) is 65.5 Å². The van der Waals surface area contributed by atoms with Crippen molar-refractivity contribution < 1.29 is 13.3 Å². The number of hydrogen-bond acceptors (Lipinski definition) is 3. The lowest BCUT2D eigenvalue weighted by Crippen LogP contribution is -2.52. The number of rotatable bonds is 8. The molecule has 166 valence electrons. The molecule has 0 aliphatic heterocycles. The quantitative estimate of drug-likeness (QED) is 0.304. The lowest BCUT2D eigenvalue weighted by molar-refractivity contribution is -0.0624. The maximum Gasteiger partial charge on any atom is 0.613 e. The van der Waals surface area contributed by atoms with Crippen molar-refractivity contribution in [2.75, 3.05) is 0 Å². The molecule has 5 heteroatoms. The van der Waals surface area contributed by atoms with Crippen LogP contribution in [0.15, 0.2) is 0 Å². The Morgan fingerprint density at radius 1 is 0.714 bits per heavy atom. The van der Waals surface area contributed by atoms with E-state index in [4.69, 9.17) is 24.4 Å². The van der Waals surface area contributed by atoms with Gasteiger partial charge in [-0.2, -0.15) is 0 Å². The van der Waals surface area contributed by atoms with Gasteiger partial charge in [-0.3, -0.25) is 0 Å². The van der Waals surface area contributed by atoms with Crippen LogP contribution in [-0.2, 0) is 13.3 Å². The minimum Gasteiger partial charge on any atom is -0.359 e. The smallest absolute Gasteiger partial charge is 0.359 e. The van der Waals surface area contributed by atoms with E-state index in [2.05, 4.69) is 41.5 Å². The van der Waals surface area contributed by atoms with E-state index < -0.39 is 8.11 Å². The molecule has 3 nitrogen and oxygen atoms in total. The molecule has 0 unspecified atom stereocenters. The van der Waals surface area contributed by atoms with Crippen LogP contribution in [0.3, 0.4) is 0 Å². The third-order valence-electron chi connectivity index (χ3n) is 6.88. The summed E-state index contributed by atoms with van der Waals surface area (Å²) in [5, 5.41) is 0. The molecule has 0 aromatic carbocycles. The first-order valence-corrected chi connectivity index (χ1v) is 14.5. The molecule has 2 aliphatic rings. The van der Waals surface area contributed by atoms with Crippen LogP contribution in [-0.4, -0.2) is 26.4 Å². The summed E-state index contributed by atoms with van der Waals surface area (Å²) in [7, 11) is -3.25. The molecular weight excluding hydrogens is 388 g/mol. The molecule has 0 aromatic heterocycles. The van der Waals surface area contributed by atoms with Crippen molar-refractivity contribution in [3.05, 3.63) is 0 Å². The van der Waals surface area contributed by atoms with Crippen LogP contribution >= 0.6 is 11.1 Å². The second-order valence-electron chi connectivity index (χ2n) is 10.6. The summed E-state index contributed by atoms with van der Waals surface area (Å²) in [4.78, 5) is 0. The zero-order valence-electron chi connectivity index (χ0n) is 19.5. The molecule has 2 saturated carbocycles. The van der Waals surface area contributed by atoms with E-state index >= 15 is 0 Å². The zero-order chi connectivity index (χ0) is 21.1. The fraction of sp³-hybridized carbons (Fsp3) is 1.00. The van der Waals surface area contributed by atoms with Gasteiger partial charge in [-0.25, -0.2) is 0 Å². The molecule has 0 N–H and O–H groups in total. The predicted octanol–water partition coefficient (Wildman–Crippen LogP) is 7.04. The minimum atomic E-state index is -3.25. The predicted molar refractivity (Wildman–Crippen MR) is 120 cm³/mol. The average Bonchev–Trinajstić information content (AvgIpc) is 2.52. The van der Waals surface area contributed by atoms with E-state index in [1.54, 1.807) is 0 Å². The monoisotopic (exact) mass is 432 g/mol. The van der Waals surface area contributed by atoms with Gasteiger partial charge in [0.15, 0.2) is 0 Å². The third-order valence-corrected chi connectivity index (χ3v) is 9.61. The van der Waals surface area contributed by atoms with Crippen molar-refractivity contribution in [3.63, 3.8) is 0 Å². The number of halogens is 1. The molecule has 0 amide bonds. The van der Waals surface area contributed by atoms with Crippen LogP contribution in [0.4, 0.5) is 0 Å². The first-order valence-electron chi connectivity index (χ1n) is 11.7. The van der Waals surface area contributed by atoms with Crippen molar-refractivity contribution >= 4 is 19.2 Å².